The van der Waals surface area contributed by atoms with Gasteiger partial charge in [0, 0.05) is 12.0 Å². The number of ether oxygens (including phenoxy) is 1. The Morgan fingerprint density at radius 2 is 1.94 bits per heavy atom. The highest BCUT2D eigenvalue weighted by atomic mass is 16.6. The van der Waals surface area contributed by atoms with E-state index < -0.39 is 5.60 Å². The van der Waals surface area contributed by atoms with Crippen LogP contribution in [0, 0.1) is 0 Å². The number of benzene rings is 1. The third kappa shape index (κ3) is 2.48. The van der Waals surface area contributed by atoms with E-state index in [0.29, 0.717) is 18.3 Å². The second-order valence-corrected chi connectivity index (χ2v) is 3.55. The van der Waals surface area contributed by atoms with Crippen LogP contribution in [0.2, 0.25) is 0 Å². The second kappa shape index (κ2) is 5.45. The molecule has 0 radical (unpaired) electrons. The quantitative estimate of drug-likeness (QED) is 0.565. The number of hydrogen-bond donors (Lipinski definition) is 0. The molecule has 0 aliphatic carbocycles. The summed E-state index contributed by atoms with van der Waals surface area (Å²) >= 11 is 0. The summed E-state index contributed by atoms with van der Waals surface area (Å²) < 4.78 is 5.26. The fraction of sp³-hybridized carbons (Fsp3) is 0.385. The number of rotatable bonds is 5. The SMILES string of the molecule is CCC(=O)OC(C=O)(CC)c1ccccc1. The van der Waals surface area contributed by atoms with Crippen molar-refractivity contribution < 1.29 is 14.3 Å². The molecule has 0 bridgehead atoms. The first kappa shape index (κ1) is 12.4. The molecule has 0 aliphatic heterocycles. The van der Waals surface area contributed by atoms with Crippen LogP contribution >= 0.6 is 0 Å². The number of carbonyl (C=O) groups excluding carboxylic acids is 2. The Balaban J connectivity index is 3.06. The van der Waals surface area contributed by atoms with Crippen LogP contribution in [0.1, 0.15) is 32.3 Å². The van der Waals surface area contributed by atoms with E-state index >= 15 is 0 Å². The Labute approximate surface area is 95.4 Å². The summed E-state index contributed by atoms with van der Waals surface area (Å²) in [6, 6.07) is 9.09. The molecule has 3 heteroatoms. The van der Waals surface area contributed by atoms with Crippen molar-refractivity contribution in [3.63, 3.8) is 0 Å². The van der Waals surface area contributed by atoms with E-state index in [-0.39, 0.29) is 12.4 Å². The largest absolute Gasteiger partial charge is 0.446 e. The summed E-state index contributed by atoms with van der Waals surface area (Å²) in [7, 11) is 0. The molecule has 3 nitrogen and oxygen atoms in total. The molecule has 0 saturated heterocycles. The predicted octanol–water partition coefficient (Wildman–Crippen LogP) is 2.44. The molecule has 0 amide bonds. The molecule has 1 rings (SSSR count). The van der Waals surface area contributed by atoms with Crippen molar-refractivity contribution in [3.05, 3.63) is 35.9 Å². The fourth-order valence-electron chi connectivity index (χ4n) is 1.51. The first-order valence-corrected chi connectivity index (χ1v) is 5.42. The number of hydrogen-bond acceptors (Lipinski definition) is 3. The normalized spacial score (nSPS) is 13.9. The minimum atomic E-state index is -1.13. The highest BCUT2D eigenvalue weighted by molar-refractivity contribution is 5.75. The van der Waals surface area contributed by atoms with Gasteiger partial charge in [-0.2, -0.15) is 0 Å². The van der Waals surface area contributed by atoms with Crippen molar-refractivity contribution in [2.75, 3.05) is 0 Å². The first-order chi connectivity index (χ1) is 7.68. The fourth-order valence-corrected chi connectivity index (χ4v) is 1.51. The average molecular weight is 220 g/mol. The summed E-state index contributed by atoms with van der Waals surface area (Å²) in [4.78, 5) is 22.6. The van der Waals surface area contributed by atoms with Crippen LogP contribution in [0.25, 0.3) is 0 Å². The summed E-state index contributed by atoms with van der Waals surface area (Å²) in [5.41, 5.74) is -0.414. The maximum atomic E-state index is 11.3. The van der Waals surface area contributed by atoms with Crippen LogP contribution in [0.5, 0.6) is 0 Å². The van der Waals surface area contributed by atoms with E-state index in [1.807, 2.05) is 25.1 Å². The molecule has 0 N–H and O–H groups in total. The van der Waals surface area contributed by atoms with Crippen LogP contribution in [-0.4, -0.2) is 12.3 Å². The highest BCUT2D eigenvalue weighted by Gasteiger charge is 2.33. The van der Waals surface area contributed by atoms with Crippen molar-refractivity contribution in [3.8, 4) is 0 Å². The van der Waals surface area contributed by atoms with Gasteiger partial charge in [-0.3, -0.25) is 9.59 Å². The van der Waals surface area contributed by atoms with Gasteiger partial charge in [0.25, 0.3) is 0 Å². The van der Waals surface area contributed by atoms with Crippen LogP contribution in [-0.2, 0) is 19.9 Å². The smallest absolute Gasteiger partial charge is 0.306 e. The van der Waals surface area contributed by atoms with Crippen molar-refractivity contribution in [2.45, 2.75) is 32.3 Å². The van der Waals surface area contributed by atoms with Crippen molar-refractivity contribution in [1.82, 2.24) is 0 Å². The van der Waals surface area contributed by atoms with Crippen LogP contribution < -0.4 is 0 Å². The third-order valence-electron chi connectivity index (χ3n) is 2.56. The summed E-state index contributed by atoms with van der Waals surface area (Å²) in [5.74, 6) is -0.363. The van der Waals surface area contributed by atoms with E-state index in [1.54, 1.807) is 19.1 Å². The van der Waals surface area contributed by atoms with Crippen LogP contribution in [0.15, 0.2) is 30.3 Å². The van der Waals surface area contributed by atoms with E-state index in [4.69, 9.17) is 4.74 Å². The van der Waals surface area contributed by atoms with Gasteiger partial charge in [-0.15, -0.1) is 0 Å². The Morgan fingerprint density at radius 1 is 1.31 bits per heavy atom. The molecule has 1 atom stereocenters. The maximum Gasteiger partial charge on any atom is 0.306 e. The molecule has 1 unspecified atom stereocenters. The Hall–Kier alpha value is -1.64. The molecule has 16 heavy (non-hydrogen) atoms. The van der Waals surface area contributed by atoms with E-state index in [9.17, 15) is 9.59 Å². The standard InChI is InChI=1S/C13H16O3/c1-3-12(15)16-13(4-2,10-14)11-8-6-5-7-9-11/h5-10H,3-4H2,1-2H3. The monoisotopic (exact) mass is 220 g/mol. The lowest BCUT2D eigenvalue weighted by Crippen LogP contribution is -2.33. The van der Waals surface area contributed by atoms with Crippen LogP contribution in [0.4, 0.5) is 0 Å². The lowest BCUT2D eigenvalue weighted by Gasteiger charge is -2.27. The van der Waals surface area contributed by atoms with Gasteiger partial charge in [-0.1, -0.05) is 44.2 Å². The summed E-state index contributed by atoms with van der Waals surface area (Å²) in [6.07, 6.45) is 1.41. The van der Waals surface area contributed by atoms with Gasteiger partial charge in [-0.25, -0.2) is 0 Å². The zero-order chi connectivity index (χ0) is 12.0. The van der Waals surface area contributed by atoms with Gasteiger partial charge >= 0.3 is 5.97 Å². The molecule has 86 valence electrons. The van der Waals surface area contributed by atoms with Gasteiger partial charge in [0.15, 0.2) is 11.9 Å². The molecule has 0 spiro atoms. The molecule has 0 fully saturated rings. The number of aldehydes is 1. The number of carbonyl (C=O) groups is 2. The van der Waals surface area contributed by atoms with Gasteiger partial charge in [0.1, 0.15) is 0 Å². The third-order valence-corrected chi connectivity index (χ3v) is 2.56. The zero-order valence-electron chi connectivity index (χ0n) is 9.60. The molecule has 0 aromatic heterocycles. The Bertz CT molecular complexity index is 359. The lowest BCUT2D eigenvalue weighted by molar-refractivity contribution is -0.164. The van der Waals surface area contributed by atoms with Gasteiger partial charge in [0.05, 0.1) is 0 Å². The van der Waals surface area contributed by atoms with Crippen molar-refractivity contribution >= 4 is 12.3 Å². The van der Waals surface area contributed by atoms with Gasteiger partial charge in [-0.05, 0) is 6.42 Å². The van der Waals surface area contributed by atoms with E-state index in [1.165, 1.54) is 0 Å². The molecular weight excluding hydrogens is 204 g/mol. The first-order valence-electron chi connectivity index (χ1n) is 5.42. The Morgan fingerprint density at radius 3 is 2.38 bits per heavy atom. The predicted molar refractivity (Wildman–Crippen MR) is 60.9 cm³/mol. The molecule has 0 saturated carbocycles. The van der Waals surface area contributed by atoms with Crippen LogP contribution in [0.3, 0.4) is 0 Å². The number of esters is 1. The molecule has 0 aliphatic rings. The summed E-state index contributed by atoms with van der Waals surface area (Å²) in [5, 5.41) is 0. The van der Waals surface area contributed by atoms with Crippen molar-refractivity contribution in [1.29, 1.82) is 0 Å². The summed E-state index contributed by atoms with van der Waals surface area (Å²) in [6.45, 7) is 3.53. The molecule has 0 heterocycles. The minimum Gasteiger partial charge on any atom is -0.446 e. The van der Waals surface area contributed by atoms with E-state index in [0.717, 1.165) is 0 Å². The lowest BCUT2D eigenvalue weighted by atomic mass is 9.92. The van der Waals surface area contributed by atoms with Crippen molar-refractivity contribution in [2.24, 2.45) is 0 Å². The Kier molecular flexibility index (Phi) is 4.23. The molecule has 1 aromatic carbocycles. The zero-order valence-corrected chi connectivity index (χ0v) is 9.60. The van der Waals surface area contributed by atoms with E-state index in [2.05, 4.69) is 0 Å². The maximum absolute atomic E-state index is 11.3. The van der Waals surface area contributed by atoms with Gasteiger partial charge < -0.3 is 4.74 Å². The molecule has 1 aromatic rings. The second-order valence-electron chi connectivity index (χ2n) is 3.55. The van der Waals surface area contributed by atoms with Gasteiger partial charge in [0.2, 0.25) is 0 Å². The minimum absolute atomic E-state index is 0.266. The topological polar surface area (TPSA) is 43.4 Å². The molecular formula is C13H16O3. The highest BCUT2D eigenvalue weighted by Crippen LogP contribution is 2.27. The average Bonchev–Trinajstić information content (AvgIpc) is 2.37.